The second-order valence-corrected chi connectivity index (χ2v) is 5.93. The summed E-state index contributed by atoms with van der Waals surface area (Å²) in [6, 6.07) is 0. The van der Waals surface area contributed by atoms with E-state index in [-0.39, 0.29) is 5.91 Å². The first-order valence-electron chi connectivity index (χ1n) is 6.53. The molecule has 1 rings (SSSR count). The zero-order chi connectivity index (χ0) is 13.6. The summed E-state index contributed by atoms with van der Waals surface area (Å²) in [5, 5.41) is 9.48. The monoisotopic (exact) mass is 273 g/mol. The molecule has 0 aromatic carbocycles. The molecule has 1 aliphatic rings. The fourth-order valence-corrected chi connectivity index (χ4v) is 3.04. The van der Waals surface area contributed by atoms with Gasteiger partial charge in [0.2, 0.25) is 5.91 Å². The Balaban J connectivity index is 2.67. The van der Waals surface area contributed by atoms with E-state index in [1.165, 1.54) is 4.90 Å². The molecule has 0 spiro atoms. The van der Waals surface area contributed by atoms with Crippen molar-refractivity contribution in [2.45, 2.75) is 50.5 Å². The molecule has 0 aliphatic heterocycles. The van der Waals surface area contributed by atoms with Crippen molar-refractivity contribution >= 4 is 23.6 Å². The minimum absolute atomic E-state index is 0.0339. The lowest BCUT2D eigenvalue weighted by molar-refractivity contribution is -0.160. The minimum Gasteiger partial charge on any atom is -0.479 e. The molecule has 5 heteroatoms. The number of amides is 1. The molecule has 18 heavy (non-hydrogen) atoms. The molecule has 1 amide bonds. The molecule has 4 nitrogen and oxygen atoms in total. The van der Waals surface area contributed by atoms with Crippen molar-refractivity contribution in [2.75, 3.05) is 19.1 Å². The number of hydrogen-bond donors (Lipinski definition) is 1. The molecule has 0 unspecified atom stereocenters. The molecule has 0 heterocycles. The third kappa shape index (κ3) is 3.40. The van der Waals surface area contributed by atoms with Crippen LogP contribution in [0.25, 0.3) is 0 Å². The van der Waals surface area contributed by atoms with Gasteiger partial charge in [-0.3, -0.25) is 4.79 Å². The van der Waals surface area contributed by atoms with Crippen molar-refractivity contribution in [1.82, 2.24) is 4.90 Å². The number of carbonyl (C=O) groups excluding carboxylic acids is 1. The summed E-state index contributed by atoms with van der Waals surface area (Å²) >= 11 is 1.71. The van der Waals surface area contributed by atoms with Crippen molar-refractivity contribution < 1.29 is 14.7 Å². The highest BCUT2D eigenvalue weighted by atomic mass is 32.2. The summed E-state index contributed by atoms with van der Waals surface area (Å²) in [5.41, 5.74) is -0.950. The average molecular weight is 273 g/mol. The van der Waals surface area contributed by atoms with Crippen LogP contribution in [0.15, 0.2) is 0 Å². The summed E-state index contributed by atoms with van der Waals surface area (Å²) in [7, 11) is 1.65. The van der Waals surface area contributed by atoms with E-state index in [0.29, 0.717) is 19.3 Å². The molecular formula is C13H23NO3S. The number of hydrogen-bond acceptors (Lipinski definition) is 3. The Bertz CT molecular complexity index is 301. The number of carboxylic acids is 1. The van der Waals surface area contributed by atoms with E-state index in [0.717, 1.165) is 31.4 Å². The predicted molar refractivity (Wildman–Crippen MR) is 73.8 cm³/mol. The van der Waals surface area contributed by atoms with Crippen molar-refractivity contribution in [1.29, 1.82) is 0 Å². The maximum absolute atomic E-state index is 12.1. The van der Waals surface area contributed by atoms with Crippen molar-refractivity contribution in [2.24, 2.45) is 0 Å². The summed E-state index contributed by atoms with van der Waals surface area (Å²) < 4.78 is 0. The Morgan fingerprint density at radius 3 is 2.39 bits per heavy atom. The normalized spacial score (nSPS) is 18.3. The summed E-state index contributed by atoms with van der Waals surface area (Å²) in [6.07, 6.45) is 7.33. The van der Waals surface area contributed by atoms with E-state index in [2.05, 4.69) is 0 Å². The second kappa shape index (κ2) is 7.02. The van der Waals surface area contributed by atoms with Crippen molar-refractivity contribution in [3.05, 3.63) is 0 Å². The zero-order valence-corrected chi connectivity index (χ0v) is 12.1. The van der Waals surface area contributed by atoms with E-state index in [4.69, 9.17) is 0 Å². The van der Waals surface area contributed by atoms with Gasteiger partial charge in [0.05, 0.1) is 0 Å². The molecule has 1 saturated carbocycles. The van der Waals surface area contributed by atoms with Gasteiger partial charge in [0, 0.05) is 13.5 Å². The second-order valence-electron chi connectivity index (χ2n) is 4.95. The SMILES string of the molecule is CSCCCC(=O)N(C)C1(C(=O)O)CCCCC1. The van der Waals surface area contributed by atoms with Gasteiger partial charge in [-0.05, 0) is 31.3 Å². The first-order valence-corrected chi connectivity index (χ1v) is 7.93. The molecule has 0 saturated heterocycles. The largest absolute Gasteiger partial charge is 0.479 e. The highest BCUT2D eigenvalue weighted by molar-refractivity contribution is 7.98. The highest BCUT2D eigenvalue weighted by Gasteiger charge is 2.45. The third-order valence-corrected chi connectivity index (χ3v) is 4.53. The summed E-state index contributed by atoms with van der Waals surface area (Å²) in [4.78, 5) is 25.1. The van der Waals surface area contributed by atoms with Gasteiger partial charge >= 0.3 is 5.97 Å². The van der Waals surface area contributed by atoms with Crippen LogP contribution in [0.5, 0.6) is 0 Å². The van der Waals surface area contributed by atoms with E-state index in [1.54, 1.807) is 18.8 Å². The minimum atomic E-state index is -0.950. The number of likely N-dealkylation sites (N-methyl/N-ethyl adjacent to an activating group) is 1. The molecule has 0 radical (unpaired) electrons. The van der Waals surface area contributed by atoms with Gasteiger partial charge in [0.25, 0.3) is 0 Å². The lowest BCUT2D eigenvalue weighted by Crippen LogP contribution is -2.56. The standard InChI is InChI=1S/C13H23NO3S/c1-14(11(15)7-6-10-18-2)13(12(16)17)8-4-3-5-9-13/h3-10H2,1-2H3,(H,16,17). The Morgan fingerprint density at radius 2 is 1.89 bits per heavy atom. The highest BCUT2D eigenvalue weighted by Crippen LogP contribution is 2.33. The van der Waals surface area contributed by atoms with Crippen LogP contribution >= 0.6 is 11.8 Å². The molecule has 0 aromatic rings. The third-order valence-electron chi connectivity index (χ3n) is 3.83. The number of carbonyl (C=O) groups is 2. The summed E-state index contributed by atoms with van der Waals surface area (Å²) in [5.74, 6) is 0.0656. The average Bonchev–Trinajstić information content (AvgIpc) is 2.38. The van der Waals surface area contributed by atoms with Gasteiger partial charge in [0.15, 0.2) is 0 Å². The maximum atomic E-state index is 12.1. The van der Waals surface area contributed by atoms with Crippen molar-refractivity contribution in [3.63, 3.8) is 0 Å². The Kier molecular flexibility index (Phi) is 5.99. The Labute approximate surface area is 113 Å². The topological polar surface area (TPSA) is 57.6 Å². The fraction of sp³-hybridized carbons (Fsp3) is 0.846. The number of nitrogens with zero attached hydrogens (tertiary/aromatic N) is 1. The van der Waals surface area contributed by atoms with E-state index in [1.807, 2.05) is 6.26 Å². The molecule has 104 valence electrons. The number of rotatable bonds is 6. The number of aliphatic carboxylic acids is 1. The van der Waals surface area contributed by atoms with Crippen LogP contribution in [0.4, 0.5) is 0 Å². The van der Waals surface area contributed by atoms with Gasteiger partial charge in [-0.2, -0.15) is 11.8 Å². The number of thioether (sulfide) groups is 1. The summed E-state index contributed by atoms with van der Waals surface area (Å²) in [6.45, 7) is 0. The molecule has 0 aromatic heterocycles. The fourth-order valence-electron chi connectivity index (χ4n) is 2.60. The van der Waals surface area contributed by atoms with Crippen LogP contribution in [0.1, 0.15) is 44.9 Å². The van der Waals surface area contributed by atoms with Crippen LogP contribution in [0, 0.1) is 0 Å². The molecule has 1 fully saturated rings. The molecular weight excluding hydrogens is 250 g/mol. The van der Waals surface area contributed by atoms with Crippen LogP contribution in [0.3, 0.4) is 0 Å². The van der Waals surface area contributed by atoms with Gasteiger partial charge in [-0.15, -0.1) is 0 Å². The quantitative estimate of drug-likeness (QED) is 0.755. The molecule has 1 N–H and O–H groups in total. The van der Waals surface area contributed by atoms with Crippen LogP contribution in [-0.2, 0) is 9.59 Å². The number of carboxylic acid groups (broad SMARTS) is 1. The van der Waals surface area contributed by atoms with E-state index >= 15 is 0 Å². The van der Waals surface area contributed by atoms with Crippen molar-refractivity contribution in [3.8, 4) is 0 Å². The maximum Gasteiger partial charge on any atom is 0.329 e. The predicted octanol–water partition coefficient (Wildman–Crippen LogP) is 2.38. The lowest BCUT2D eigenvalue weighted by atomic mass is 9.80. The van der Waals surface area contributed by atoms with Gasteiger partial charge in [0.1, 0.15) is 5.54 Å². The van der Waals surface area contributed by atoms with E-state index in [9.17, 15) is 14.7 Å². The molecule has 0 atom stereocenters. The van der Waals surface area contributed by atoms with Gasteiger partial charge in [-0.25, -0.2) is 4.79 Å². The van der Waals surface area contributed by atoms with Crippen LogP contribution in [0.2, 0.25) is 0 Å². The Hall–Kier alpha value is -0.710. The Morgan fingerprint density at radius 1 is 1.28 bits per heavy atom. The van der Waals surface area contributed by atoms with Crippen LogP contribution in [-0.4, -0.2) is 46.5 Å². The zero-order valence-electron chi connectivity index (χ0n) is 11.3. The van der Waals surface area contributed by atoms with Gasteiger partial charge in [-0.1, -0.05) is 19.3 Å². The smallest absolute Gasteiger partial charge is 0.329 e. The molecule has 1 aliphatic carbocycles. The molecule has 0 bridgehead atoms. The van der Waals surface area contributed by atoms with Gasteiger partial charge < -0.3 is 10.0 Å². The lowest BCUT2D eigenvalue weighted by Gasteiger charge is -2.41. The van der Waals surface area contributed by atoms with E-state index < -0.39 is 11.5 Å². The first-order chi connectivity index (χ1) is 8.54. The van der Waals surface area contributed by atoms with Crippen LogP contribution < -0.4 is 0 Å². The first kappa shape index (κ1) is 15.3.